The number of carbonyl (C=O) groups is 1. The van der Waals surface area contributed by atoms with E-state index in [1.54, 1.807) is 13.8 Å². The third-order valence-electron chi connectivity index (χ3n) is 6.98. The van der Waals surface area contributed by atoms with Crippen molar-refractivity contribution < 1.29 is 9.18 Å². The molecule has 1 aromatic carbocycles. The molecule has 0 saturated heterocycles. The summed E-state index contributed by atoms with van der Waals surface area (Å²) in [5.74, 6) is -0.194. The average molecular weight is 515 g/mol. The van der Waals surface area contributed by atoms with Crippen molar-refractivity contribution in [3.63, 3.8) is 0 Å². The maximum atomic E-state index is 14.5. The summed E-state index contributed by atoms with van der Waals surface area (Å²) in [4.78, 5) is 26.2. The van der Waals surface area contributed by atoms with Gasteiger partial charge in [-0.25, -0.2) is 14.4 Å². The maximum Gasteiger partial charge on any atom is 0.256 e. The predicted molar refractivity (Wildman–Crippen MR) is 143 cm³/mol. The number of fused-ring (bicyclic) bond motifs is 2. The number of benzene rings is 1. The van der Waals surface area contributed by atoms with Crippen LogP contribution in [0.4, 0.5) is 27.7 Å². The van der Waals surface area contributed by atoms with Crippen molar-refractivity contribution in [2.24, 2.45) is 0 Å². The fourth-order valence-corrected chi connectivity index (χ4v) is 4.76. The summed E-state index contributed by atoms with van der Waals surface area (Å²) < 4.78 is 14.5. The molecule has 1 aliphatic carbocycles. The van der Waals surface area contributed by atoms with Crippen molar-refractivity contribution in [2.45, 2.75) is 64.0 Å². The second kappa shape index (κ2) is 9.65. The second-order valence-electron chi connectivity index (χ2n) is 10.9. The van der Waals surface area contributed by atoms with E-state index in [-0.39, 0.29) is 46.2 Å². The zero-order valence-electron chi connectivity index (χ0n) is 21.9. The van der Waals surface area contributed by atoms with E-state index in [1.807, 2.05) is 19.9 Å². The number of hydrogen-bond acceptors (Lipinski definition) is 8. The first-order chi connectivity index (χ1) is 18.1. The SMILES string of the molecule is CC(C)NC(=O)c1cnc(Nc2ccc3c(c2)CNCC32CC2)nc1Nc1ccc(F)c(C(C)(C)C#N)n1. The number of carbonyl (C=O) groups excluding carboxylic acids is 1. The van der Waals surface area contributed by atoms with Crippen LogP contribution in [0, 0.1) is 17.1 Å². The monoisotopic (exact) mass is 514 g/mol. The Balaban J connectivity index is 1.47. The summed E-state index contributed by atoms with van der Waals surface area (Å²) >= 11 is 0. The molecule has 2 aromatic heterocycles. The van der Waals surface area contributed by atoms with Crippen LogP contribution in [0.15, 0.2) is 36.5 Å². The van der Waals surface area contributed by atoms with E-state index >= 15 is 0 Å². The van der Waals surface area contributed by atoms with Gasteiger partial charge in [0.15, 0.2) is 0 Å². The number of nitrogens with zero attached hydrogens (tertiary/aromatic N) is 4. The van der Waals surface area contributed by atoms with E-state index in [2.05, 4.69) is 54.4 Å². The lowest BCUT2D eigenvalue weighted by molar-refractivity contribution is 0.0943. The second-order valence-corrected chi connectivity index (χ2v) is 10.9. The first-order valence-electron chi connectivity index (χ1n) is 12.7. The van der Waals surface area contributed by atoms with Crippen LogP contribution in [0.2, 0.25) is 0 Å². The number of amides is 1. The summed E-state index contributed by atoms with van der Waals surface area (Å²) in [6, 6.07) is 11.0. The summed E-state index contributed by atoms with van der Waals surface area (Å²) in [5, 5.41) is 22.1. The minimum atomic E-state index is -1.14. The fraction of sp³-hybridized carbons (Fsp3) is 0.393. The van der Waals surface area contributed by atoms with Crippen LogP contribution in [-0.4, -0.2) is 33.4 Å². The van der Waals surface area contributed by atoms with Gasteiger partial charge in [-0.1, -0.05) is 6.07 Å². The van der Waals surface area contributed by atoms with E-state index in [0.29, 0.717) is 0 Å². The summed E-state index contributed by atoms with van der Waals surface area (Å²) in [5.41, 5.74) is 2.86. The lowest BCUT2D eigenvalue weighted by Crippen LogP contribution is -2.33. The molecule has 0 atom stereocenters. The molecule has 4 N–H and O–H groups in total. The first-order valence-corrected chi connectivity index (χ1v) is 12.7. The van der Waals surface area contributed by atoms with Crippen LogP contribution in [0.3, 0.4) is 0 Å². The number of aromatic nitrogens is 3. The Morgan fingerprint density at radius 1 is 1.18 bits per heavy atom. The molecule has 196 valence electrons. The molecule has 0 bridgehead atoms. The van der Waals surface area contributed by atoms with E-state index in [4.69, 9.17) is 0 Å². The topological polar surface area (TPSA) is 128 Å². The summed E-state index contributed by atoms with van der Waals surface area (Å²) in [6.45, 7) is 8.74. The zero-order chi connectivity index (χ0) is 27.1. The molecular weight excluding hydrogens is 483 g/mol. The fourth-order valence-electron chi connectivity index (χ4n) is 4.76. The minimum absolute atomic E-state index is 0.00156. The molecule has 1 fully saturated rings. The molecule has 5 rings (SSSR count). The number of nitriles is 1. The maximum absolute atomic E-state index is 14.5. The van der Waals surface area contributed by atoms with Gasteiger partial charge in [-0.2, -0.15) is 10.2 Å². The summed E-state index contributed by atoms with van der Waals surface area (Å²) in [7, 11) is 0. The molecular formula is C28H31FN8O. The van der Waals surface area contributed by atoms with E-state index in [0.717, 1.165) is 18.8 Å². The van der Waals surface area contributed by atoms with Crippen molar-refractivity contribution in [2.75, 3.05) is 17.2 Å². The Kier molecular flexibility index (Phi) is 6.49. The van der Waals surface area contributed by atoms with Gasteiger partial charge < -0.3 is 21.3 Å². The van der Waals surface area contributed by atoms with Gasteiger partial charge in [0.2, 0.25) is 5.95 Å². The van der Waals surface area contributed by atoms with Crippen LogP contribution in [0.1, 0.15) is 67.7 Å². The first kappa shape index (κ1) is 25.5. The normalized spacial score (nSPS) is 15.5. The van der Waals surface area contributed by atoms with Gasteiger partial charge >= 0.3 is 0 Å². The molecule has 2 aliphatic rings. The molecule has 1 aliphatic heterocycles. The van der Waals surface area contributed by atoms with Crippen molar-refractivity contribution >= 4 is 29.2 Å². The number of anilines is 4. The highest BCUT2D eigenvalue weighted by atomic mass is 19.1. The predicted octanol–water partition coefficient (Wildman–Crippen LogP) is 4.57. The average Bonchev–Trinajstić information content (AvgIpc) is 3.64. The zero-order valence-corrected chi connectivity index (χ0v) is 21.9. The Morgan fingerprint density at radius 2 is 1.97 bits per heavy atom. The molecule has 1 amide bonds. The molecule has 3 heterocycles. The number of pyridine rings is 1. The Morgan fingerprint density at radius 3 is 2.68 bits per heavy atom. The molecule has 10 heteroatoms. The summed E-state index contributed by atoms with van der Waals surface area (Å²) in [6.07, 6.45) is 3.86. The molecule has 9 nitrogen and oxygen atoms in total. The highest BCUT2D eigenvalue weighted by molar-refractivity contribution is 5.99. The molecule has 3 aromatic rings. The smallest absolute Gasteiger partial charge is 0.256 e. The van der Waals surface area contributed by atoms with Crippen LogP contribution in [0.5, 0.6) is 0 Å². The Labute approximate surface area is 221 Å². The molecule has 0 unspecified atom stereocenters. The van der Waals surface area contributed by atoms with Gasteiger partial charge in [0.05, 0.1) is 17.2 Å². The minimum Gasteiger partial charge on any atom is -0.350 e. The number of nitrogens with one attached hydrogen (secondary N) is 4. The van der Waals surface area contributed by atoms with Crippen LogP contribution >= 0.6 is 0 Å². The lowest BCUT2D eigenvalue weighted by atomic mass is 9.88. The molecule has 38 heavy (non-hydrogen) atoms. The van der Waals surface area contributed by atoms with Crippen molar-refractivity contribution in [3.8, 4) is 6.07 Å². The Hall–Kier alpha value is -4.10. The molecule has 1 saturated carbocycles. The Bertz CT molecular complexity index is 1440. The van der Waals surface area contributed by atoms with Gasteiger partial charge in [-0.05, 0) is 75.9 Å². The third-order valence-corrected chi connectivity index (χ3v) is 6.98. The largest absolute Gasteiger partial charge is 0.350 e. The van der Waals surface area contributed by atoms with Gasteiger partial charge in [0.25, 0.3) is 5.91 Å². The number of rotatable bonds is 7. The van der Waals surface area contributed by atoms with Crippen LogP contribution in [-0.2, 0) is 17.4 Å². The van der Waals surface area contributed by atoms with Gasteiger partial charge in [0, 0.05) is 36.4 Å². The highest BCUT2D eigenvalue weighted by Crippen LogP contribution is 2.50. The lowest BCUT2D eigenvalue weighted by Gasteiger charge is -2.26. The molecule has 0 radical (unpaired) electrons. The van der Waals surface area contributed by atoms with Gasteiger partial charge in [-0.15, -0.1) is 0 Å². The van der Waals surface area contributed by atoms with E-state index in [1.165, 1.54) is 42.3 Å². The van der Waals surface area contributed by atoms with Crippen LogP contribution < -0.4 is 21.3 Å². The van der Waals surface area contributed by atoms with Crippen molar-refractivity contribution in [1.82, 2.24) is 25.6 Å². The standard InChI is InChI=1S/C28H31FN8O/c1-16(2)33-25(38)19-13-32-26(34-18-5-6-20-17(11-18)12-31-15-28(20)9-10-28)37-24(19)36-22-8-7-21(29)23(35-22)27(3,4)14-30/h5-8,11,13,16,31H,9-10,12,15H2,1-4H3,(H,33,38)(H2,32,34,35,36,37). The quantitative estimate of drug-likeness (QED) is 0.361. The van der Waals surface area contributed by atoms with Crippen molar-refractivity contribution in [3.05, 3.63) is 64.7 Å². The van der Waals surface area contributed by atoms with Crippen LogP contribution in [0.25, 0.3) is 0 Å². The number of hydrogen-bond donors (Lipinski definition) is 4. The van der Waals surface area contributed by atoms with Gasteiger partial charge in [0.1, 0.15) is 23.0 Å². The third kappa shape index (κ3) is 5.02. The van der Waals surface area contributed by atoms with E-state index < -0.39 is 11.2 Å². The number of halogens is 1. The highest BCUT2D eigenvalue weighted by Gasteiger charge is 2.46. The molecule has 1 spiro atoms. The van der Waals surface area contributed by atoms with E-state index in [9.17, 15) is 14.4 Å². The van der Waals surface area contributed by atoms with Crippen molar-refractivity contribution in [1.29, 1.82) is 5.26 Å². The van der Waals surface area contributed by atoms with Gasteiger partial charge in [-0.3, -0.25) is 4.79 Å².